The summed E-state index contributed by atoms with van der Waals surface area (Å²) in [6, 6.07) is 15.0. The topological polar surface area (TPSA) is 46.4 Å². The van der Waals surface area contributed by atoms with Crippen molar-refractivity contribution in [3.8, 4) is 0 Å². The molecular weight excluding hydrogens is 344 g/mol. The van der Waals surface area contributed by atoms with Gasteiger partial charge in [0.15, 0.2) is 0 Å². The molecule has 0 aliphatic rings. The number of unbranched alkanes of at least 4 members (excludes halogenated alkanes) is 1. The maximum absolute atomic E-state index is 10.7. The molecule has 0 aromatic heterocycles. The highest BCUT2D eigenvalue weighted by atomic mass is 79.9. The van der Waals surface area contributed by atoms with Gasteiger partial charge in [0.25, 0.3) is 5.69 Å². The van der Waals surface area contributed by atoms with Crippen LogP contribution in [0.25, 0.3) is 0 Å². The van der Waals surface area contributed by atoms with Gasteiger partial charge in [0.2, 0.25) is 0 Å². The van der Waals surface area contributed by atoms with Crippen LogP contribution in [0.4, 0.5) is 11.4 Å². The summed E-state index contributed by atoms with van der Waals surface area (Å²) in [6.07, 6.45) is 2.25. The van der Waals surface area contributed by atoms with Crippen LogP contribution in [0.3, 0.4) is 0 Å². The van der Waals surface area contributed by atoms with Gasteiger partial charge in [0.1, 0.15) is 0 Å². The van der Waals surface area contributed by atoms with E-state index in [0.29, 0.717) is 0 Å². The second-order valence-electron chi connectivity index (χ2n) is 5.18. The van der Waals surface area contributed by atoms with Crippen molar-refractivity contribution < 1.29 is 4.92 Å². The zero-order chi connectivity index (χ0) is 15.9. The minimum Gasteiger partial charge on any atom is -0.367 e. The van der Waals surface area contributed by atoms with Crippen LogP contribution in [0.5, 0.6) is 0 Å². The lowest BCUT2D eigenvalue weighted by Crippen LogP contribution is -2.23. The molecule has 0 fully saturated rings. The van der Waals surface area contributed by atoms with Gasteiger partial charge in [-0.25, -0.2) is 0 Å². The van der Waals surface area contributed by atoms with Crippen molar-refractivity contribution in [2.45, 2.75) is 26.3 Å². The summed E-state index contributed by atoms with van der Waals surface area (Å²) in [4.78, 5) is 12.7. The van der Waals surface area contributed by atoms with Gasteiger partial charge < -0.3 is 4.90 Å². The zero-order valence-electron chi connectivity index (χ0n) is 12.5. The summed E-state index contributed by atoms with van der Waals surface area (Å²) in [5.41, 5.74) is 2.37. The predicted molar refractivity (Wildman–Crippen MR) is 93.2 cm³/mol. The number of hydrogen-bond acceptors (Lipinski definition) is 3. The van der Waals surface area contributed by atoms with Crippen LogP contribution >= 0.6 is 15.9 Å². The summed E-state index contributed by atoms with van der Waals surface area (Å²) in [5.74, 6) is 0. The molecule has 22 heavy (non-hydrogen) atoms. The van der Waals surface area contributed by atoms with Gasteiger partial charge in [-0.3, -0.25) is 10.1 Å². The zero-order valence-corrected chi connectivity index (χ0v) is 14.1. The Hall–Kier alpha value is -1.88. The Labute approximate surface area is 139 Å². The Kier molecular flexibility index (Phi) is 5.95. The van der Waals surface area contributed by atoms with E-state index in [1.165, 1.54) is 0 Å². The highest BCUT2D eigenvalue weighted by molar-refractivity contribution is 9.10. The first-order chi connectivity index (χ1) is 10.6. The second kappa shape index (κ2) is 7.94. The smallest absolute Gasteiger partial charge is 0.269 e. The number of non-ortho nitro benzene ring substituents is 1. The molecule has 0 spiro atoms. The number of rotatable bonds is 7. The van der Waals surface area contributed by atoms with Crippen LogP contribution in [0.1, 0.15) is 25.3 Å². The highest BCUT2D eigenvalue weighted by Crippen LogP contribution is 2.22. The van der Waals surface area contributed by atoms with E-state index in [4.69, 9.17) is 0 Å². The average Bonchev–Trinajstić information content (AvgIpc) is 2.52. The number of benzene rings is 2. The van der Waals surface area contributed by atoms with E-state index in [2.05, 4.69) is 39.9 Å². The number of nitrogens with zero attached hydrogens (tertiary/aromatic N) is 2. The largest absolute Gasteiger partial charge is 0.367 e. The molecule has 2 aromatic rings. The van der Waals surface area contributed by atoms with Crippen molar-refractivity contribution in [2.75, 3.05) is 11.4 Å². The molecule has 0 radical (unpaired) electrons. The molecule has 0 unspecified atom stereocenters. The Morgan fingerprint density at radius 1 is 1.09 bits per heavy atom. The van der Waals surface area contributed by atoms with Crippen LogP contribution < -0.4 is 4.90 Å². The van der Waals surface area contributed by atoms with Gasteiger partial charge in [0, 0.05) is 35.4 Å². The quantitative estimate of drug-likeness (QED) is 0.504. The van der Waals surface area contributed by atoms with Gasteiger partial charge in [-0.1, -0.05) is 41.4 Å². The van der Waals surface area contributed by atoms with Crippen molar-refractivity contribution >= 4 is 27.3 Å². The summed E-state index contributed by atoms with van der Waals surface area (Å²) in [7, 11) is 0. The molecule has 5 heteroatoms. The van der Waals surface area contributed by atoms with E-state index >= 15 is 0 Å². The van der Waals surface area contributed by atoms with Crippen LogP contribution in [0, 0.1) is 10.1 Å². The van der Waals surface area contributed by atoms with Crippen molar-refractivity contribution in [1.82, 2.24) is 0 Å². The SMILES string of the molecule is CCCCN(Cc1ccc([N+](=O)[O-])cc1)c1ccc(Br)cc1. The molecule has 0 saturated carbocycles. The Balaban J connectivity index is 2.15. The maximum atomic E-state index is 10.7. The monoisotopic (exact) mass is 362 g/mol. The van der Waals surface area contributed by atoms with E-state index in [0.717, 1.165) is 41.7 Å². The maximum Gasteiger partial charge on any atom is 0.269 e. The van der Waals surface area contributed by atoms with E-state index in [9.17, 15) is 10.1 Å². The summed E-state index contributed by atoms with van der Waals surface area (Å²) in [5, 5.41) is 10.7. The fraction of sp³-hybridized carbons (Fsp3) is 0.294. The first-order valence-corrected chi connectivity index (χ1v) is 8.13. The van der Waals surface area contributed by atoms with Crippen LogP contribution in [0.15, 0.2) is 53.0 Å². The first kappa shape index (κ1) is 16.5. The molecule has 0 atom stereocenters. The van der Waals surface area contributed by atoms with Crippen molar-refractivity contribution in [3.63, 3.8) is 0 Å². The van der Waals surface area contributed by atoms with Crippen molar-refractivity contribution in [3.05, 3.63) is 68.7 Å². The molecule has 0 aliphatic heterocycles. The van der Waals surface area contributed by atoms with Crippen molar-refractivity contribution in [1.29, 1.82) is 0 Å². The lowest BCUT2D eigenvalue weighted by atomic mass is 10.1. The summed E-state index contributed by atoms with van der Waals surface area (Å²) < 4.78 is 1.06. The van der Waals surface area contributed by atoms with Gasteiger partial charge in [-0.15, -0.1) is 0 Å². The molecule has 0 amide bonds. The fourth-order valence-corrected chi connectivity index (χ4v) is 2.51. The second-order valence-corrected chi connectivity index (χ2v) is 6.09. The molecule has 2 aromatic carbocycles. The lowest BCUT2D eigenvalue weighted by Gasteiger charge is -2.25. The highest BCUT2D eigenvalue weighted by Gasteiger charge is 2.09. The third-order valence-electron chi connectivity index (χ3n) is 3.49. The average molecular weight is 363 g/mol. The number of anilines is 1. The van der Waals surface area contributed by atoms with E-state index in [1.807, 2.05) is 24.3 Å². The number of nitro benzene ring substituents is 1. The Bertz CT molecular complexity index is 612. The normalized spacial score (nSPS) is 10.5. The van der Waals surface area contributed by atoms with Crippen LogP contribution in [-0.4, -0.2) is 11.5 Å². The van der Waals surface area contributed by atoms with Crippen LogP contribution in [-0.2, 0) is 6.54 Å². The standard InChI is InChI=1S/C17H19BrN2O2/c1-2-3-12-19(16-10-6-15(18)7-11-16)13-14-4-8-17(9-5-14)20(21)22/h4-11H,2-3,12-13H2,1H3. The molecule has 0 N–H and O–H groups in total. The van der Waals surface area contributed by atoms with Gasteiger partial charge in [-0.2, -0.15) is 0 Å². The van der Waals surface area contributed by atoms with E-state index in [1.54, 1.807) is 12.1 Å². The molecule has 0 heterocycles. The summed E-state index contributed by atoms with van der Waals surface area (Å²) >= 11 is 3.45. The van der Waals surface area contributed by atoms with Gasteiger partial charge in [0.05, 0.1) is 4.92 Å². The molecule has 2 rings (SSSR count). The molecule has 4 nitrogen and oxygen atoms in total. The van der Waals surface area contributed by atoms with Gasteiger partial charge >= 0.3 is 0 Å². The van der Waals surface area contributed by atoms with E-state index in [-0.39, 0.29) is 10.6 Å². The molecule has 0 aliphatic carbocycles. The Morgan fingerprint density at radius 3 is 2.27 bits per heavy atom. The van der Waals surface area contributed by atoms with Crippen LogP contribution in [0.2, 0.25) is 0 Å². The van der Waals surface area contributed by atoms with Gasteiger partial charge in [-0.05, 0) is 36.2 Å². The molecule has 0 bridgehead atoms. The fourth-order valence-electron chi connectivity index (χ4n) is 2.24. The number of nitro groups is 1. The number of hydrogen-bond donors (Lipinski definition) is 0. The first-order valence-electron chi connectivity index (χ1n) is 7.34. The summed E-state index contributed by atoms with van der Waals surface area (Å²) in [6.45, 7) is 3.89. The van der Waals surface area contributed by atoms with E-state index < -0.39 is 0 Å². The minimum absolute atomic E-state index is 0.132. The molecule has 116 valence electrons. The Morgan fingerprint density at radius 2 is 1.73 bits per heavy atom. The lowest BCUT2D eigenvalue weighted by molar-refractivity contribution is -0.384. The van der Waals surface area contributed by atoms with Crippen molar-refractivity contribution in [2.24, 2.45) is 0 Å². The molecular formula is C17H19BrN2O2. The number of halogens is 1. The third-order valence-corrected chi connectivity index (χ3v) is 4.02. The third kappa shape index (κ3) is 4.56. The predicted octanol–water partition coefficient (Wildman–Crippen LogP) is 5.16. The minimum atomic E-state index is -0.368. The molecule has 0 saturated heterocycles.